The predicted molar refractivity (Wildman–Crippen MR) is 158 cm³/mol. The number of halogens is 2. The molecule has 2 bridgehead atoms. The van der Waals surface area contributed by atoms with Crippen molar-refractivity contribution in [2.24, 2.45) is 23.7 Å². The number of fused-ring (bicyclic) bond motifs is 1. The summed E-state index contributed by atoms with van der Waals surface area (Å²) in [5, 5.41) is 7.35. The Labute approximate surface area is 250 Å². The topological polar surface area (TPSA) is 87.7 Å². The van der Waals surface area contributed by atoms with Crippen LogP contribution in [0.5, 0.6) is 0 Å². The van der Waals surface area contributed by atoms with Crippen LogP contribution < -0.4 is 10.6 Å². The van der Waals surface area contributed by atoms with E-state index < -0.39 is 29.6 Å². The first-order chi connectivity index (χ1) is 19.6. The standard InChI is InChI=1S/C32H35Cl2N3O4/c1-17-5-4-6-24(19(17)3)36-30(39)28-32-14-13-25(41-32)26(29(38)35-22-12-7-18(2)23(34)15-22)27(32)31(40)37(28)16-20-8-10-21(33)11-9-20/h7-15,17,19,24-28H,4-6,16H2,1-3H3,(H,35,38)(H,36,39)/t17-,19-,24+,25+,26-,27+,28+,32+/m0/s1. The molecule has 3 amide bonds. The fourth-order valence-corrected chi connectivity index (χ4v) is 7.47. The van der Waals surface area contributed by atoms with Crippen molar-refractivity contribution in [3.8, 4) is 0 Å². The highest BCUT2D eigenvalue weighted by atomic mass is 35.5. The van der Waals surface area contributed by atoms with E-state index in [0.29, 0.717) is 27.6 Å². The van der Waals surface area contributed by atoms with Gasteiger partial charge in [-0.1, -0.05) is 80.2 Å². The van der Waals surface area contributed by atoms with Gasteiger partial charge in [-0.15, -0.1) is 0 Å². The van der Waals surface area contributed by atoms with Crippen LogP contribution in [0, 0.1) is 30.6 Å². The van der Waals surface area contributed by atoms with Crippen molar-refractivity contribution in [3.05, 3.63) is 75.8 Å². The quantitative estimate of drug-likeness (QED) is 0.430. The Morgan fingerprint density at radius 1 is 1.07 bits per heavy atom. The molecule has 0 unspecified atom stereocenters. The minimum absolute atomic E-state index is 0.0159. The lowest BCUT2D eigenvalue weighted by Crippen LogP contribution is -2.57. The van der Waals surface area contributed by atoms with Crippen LogP contribution in [0.25, 0.3) is 0 Å². The Kier molecular flexibility index (Phi) is 7.41. The summed E-state index contributed by atoms with van der Waals surface area (Å²) in [6.45, 7) is 6.49. The third-order valence-corrected chi connectivity index (χ3v) is 10.3. The smallest absolute Gasteiger partial charge is 0.246 e. The normalized spacial score (nSPS) is 33.6. The second-order valence-corrected chi connectivity index (χ2v) is 13.0. The number of carbonyl (C=O) groups is 3. The summed E-state index contributed by atoms with van der Waals surface area (Å²) in [6, 6.07) is 11.6. The number of likely N-dealkylation sites (tertiary alicyclic amines) is 1. The van der Waals surface area contributed by atoms with Gasteiger partial charge in [-0.3, -0.25) is 14.4 Å². The molecule has 0 radical (unpaired) electrons. The predicted octanol–water partition coefficient (Wildman–Crippen LogP) is 5.53. The van der Waals surface area contributed by atoms with Crippen LogP contribution in [0.4, 0.5) is 5.69 Å². The molecular weight excluding hydrogens is 561 g/mol. The molecule has 2 aromatic rings. The van der Waals surface area contributed by atoms with Gasteiger partial charge in [0.05, 0.1) is 17.9 Å². The number of benzene rings is 2. The number of hydrogen-bond donors (Lipinski definition) is 2. The van der Waals surface area contributed by atoms with E-state index in [-0.39, 0.29) is 30.3 Å². The molecule has 41 heavy (non-hydrogen) atoms. The molecule has 216 valence electrons. The monoisotopic (exact) mass is 595 g/mol. The highest BCUT2D eigenvalue weighted by molar-refractivity contribution is 6.31. The highest BCUT2D eigenvalue weighted by Crippen LogP contribution is 2.55. The zero-order valence-electron chi connectivity index (χ0n) is 23.4. The summed E-state index contributed by atoms with van der Waals surface area (Å²) in [4.78, 5) is 43.7. The molecule has 3 fully saturated rings. The van der Waals surface area contributed by atoms with Crippen LogP contribution in [-0.2, 0) is 25.7 Å². The van der Waals surface area contributed by atoms with Crippen molar-refractivity contribution < 1.29 is 19.1 Å². The first kappa shape index (κ1) is 28.3. The molecule has 2 N–H and O–H groups in total. The zero-order chi connectivity index (χ0) is 29.1. The Hall–Kier alpha value is -2.87. The van der Waals surface area contributed by atoms with E-state index in [4.69, 9.17) is 27.9 Å². The third kappa shape index (κ3) is 4.86. The van der Waals surface area contributed by atoms with Crippen LogP contribution >= 0.6 is 23.2 Å². The van der Waals surface area contributed by atoms with Gasteiger partial charge in [-0.2, -0.15) is 0 Å². The Morgan fingerprint density at radius 2 is 1.83 bits per heavy atom. The molecule has 3 heterocycles. The summed E-state index contributed by atoms with van der Waals surface area (Å²) < 4.78 is 6.48. The molecule has 1 aliphatic carbocycles. The minimum Gasteiger partial charge on any atom is -0.359 e. The van der Waals surface area contributed by atoms with Crippen LogP contribution in [0.3, 0.4) is 0 Å². The molecule has 8 atom stereocenters. The highest BCUT2D eigenvalue weighted by Gasteiger charge is 2.72. The lowest BCUT2D eigenvalue weighted by molar-refractivity contribution is -0.142. The van der Waals surface area contributed by atoms with Crippen molar-refractivity contribution in [2.75, 3.05) is 5.32 Å². The molecule has 1 spiro atoms. The summed E-state index contributed by atoms with van der Waals surface area (Å²) in [7, 11) is 0. The van der Waals surface area contributed by atoms with E-state index in [1.807, 2.05) is 37.3 Å². The third-order valence-electron chi connectivity index (χ3n) is 9.67. The molecule has 4 aliphatic rings. The van der Waals surface area contributed by atoms with Gasteiger partial charge in [0, 0.05) is 28.3 Å². The maximum atomic E-state index is 14.2. The van der Waals surface area contributed by atoms with Gasteiger partial charge in [-0.25, -0.2) is 0 Å². The number of ether oxygens (including phenoxy) is 1. The van der Waals surface area contributed by atoms with E-state index in [1.165, 1.54) is 0 Å². The molecule has 9 heteroatoms. The number of aryl methyl sites for hydroxylation is 1. The second kappa shape index (κ2) is 10.8. The van der Waals surface area contributed by atoms with E-state index >= 15 is 0 Å². The number of hydrogen-bond acceptors (Lipinski definition) is 4. The van der Waals surface area contributed by atoms with E-state index in [2.05, 4.69) is 24.5 Å². The number of nitrogens with zero attached hydrogens (tertiary/aromatic N) is 1. The van der Waals surface area contributed by atoms with Crippen molar-refractivity contribution in [3.63, 3.8) is 0 Å². The molecular formula is C32H35Cl2N3O4. The van der Waals surface area contributed by atoms with E-state index in [0.717, 1.165) is 30.4 Å². The van der Waals surface area contributed by atoms with Crippen LogP contribution in [-0.4, -0.2) is 46.4 Å². The average molecular weight is 597 g/mol. The maximum absolute atomic E-state index is 14.2. The Morgan fingerprint density at radius 3 is 2.56 bits per heavy atom. The van der Waals surface area contributed by atoms with Crippen LogP contribution in [0.2, 0.25) is 10.0 Å². The zero-order valence-corrected chi connectivity index (χ0v) is 24.9. The fraction of sp³-hybridized carbons (Fsp3) is 0.469. The minimum atomic E-state index is -1.23. The van der Waals surface area contributed by atoms with Gasteiger partial charge in [0.25, 0.3) is 0 Å². The Balaban J connectivity index is 1.32. The average Bonchev–Trinajstić information content (AvgIpc) is 3.58. The summed E-state index contributed by atoms with van der Waals surface area (Å²) in [5.74, 6) is -1.63. The van der Waals surface area contributed by atoms with Crippen molar-refractivity contribution in [2.45, 2.75) is 70.4 Å². The summed E-state index contributed by atoms with van der Waals surface area (Å²) in [6.07, 6.45) is 6.15. The van der Waals surface area contributed by atoms with E-state index in [9.17, 15) is 14.4 Å². The van der Waals surface area contributed by atoms with Gasteiger partial charge in [0.1, 0.15) is 11.6 Å². The summed E-state index contributed by atoms with van der Waals surface area (Å²) in [5.41, 5.74) is 1.05. The van der Waals surface area contributed by atoms with Crippen molar-refractivity contribution >= 4 is 46.6 Å². The molecule has 7 nitrogen and oxygen atoms in total. The van der Waals surface area contributed by atoms with Gasteiger partial charge in [0.15, 0.2) is 0 Å². The number of nitrogens with one attached hydrogen (secondary N) is 2. The molecule has 3 aliphatic heterocycles. The van der Waals surface area contributed by atoms with Gasteiger partial charge in [0.2, 0.25) is 17.7 Å². The maximum Gasteiger partial charge on any atom is 0.246 e. The molecule has 1 saturated carbocycles. The number of anilines is 1. The number of carbonyl (C=O) groups excluding carboxylic acids is 3. The molecule has 2 saturated heterocycles. The van der Waals surface area contributed by atoms with Gasteiger partial charge < -0.3 is 20.3 Å². The number of rotatable bonds is 6. The molecule has 6 rings (SSSR count). The molecule has 0 aromatic heterocycles. The van der Waals surface area contributed by atoms with Crippen LogP contribution in [0.1, 0.15) is 44.2 Å². The SMILES string of the molecule is Cc1ccc(NC(=O)[C@H]2[C@H]3C=C[C@@]4(O3)[C@H]2C(=O)N(Cc2ccc(Cl)cc2)[C@@H]4C(=O)N[C@@H]2CCC[C@H](C)[C@@H]2C)cc1Cl. The fourth-order valence-electron chi connectivity index (χ4n) is 7.17. The first-order valence-electron chi connectivity index (χ1n) is 14.4. The Bertz CT molecular complexity index is 1410. The number of amides is 3. The van der Waals surface area contributed by atoms with Crippen LogP contribution in [0.15, 0.2) is 54.6 Å². The first-order valence-corrected chi connectivity index (χ1v) is 15.1. The van der Waals surface area contributed by atoms with Gasteiger partial charge >= 0.3 is 0 Å². The van der Waals surface area contributed by atoms with Crippen molar-refractivity contribution in [1.29, 1.82) is 0 Å². The largest absolute Gasteiger partial charge is 0.359 e. The summed E-state index contributed by atoms with van der Waals surface area (Å²) >= 11 is 12.4. The lowest BCUT2D eigenvalue weighted by atomic mass is 9.73. The second-order valence-electron chi connectivity index (χ2n) is 12.1. The molecule has 2 aromatic carbocycles. The lowest BCUT2D eigenvalue weighted by Gasteiger charge is -2.38. The van der Waals surface area contributed by atoms with Crippen molar-refractivity contribution in [1.82, 2.24) is 10.2 Å². The van der Waals surface area contributed by atoms with Gasteiger partial charge in [-0.05, 0) is 60.6 Å². The van der Waals surface area contributed by atoms with E-state index in [1.54, 1.807) is 29.2 Å².